The lowest BCUT2D eigenvalue weighted by Crippen LogP contribution is -2.11. The summed E-state index contributed by atoms with van der Waals surface area (Å²) in [4.78, 5) is 4.44. The summed E-state index contributed by atoms with van der Waals surface area (Å²) in [6.07, 6.45) is 0. The van der Waals surface area contributed by atoms with Gasteiger partial charge in [0.25, 0.3) is 0 Å². The monoisotopic (exact) mass is 283 g/mol. The second kappa shape index (κ2) is 5.81. The van der Waals surface area contributed by atoms with E-state index in [1.807, 2.05) is 6.92 Å². The van der Waals surface area contributed by atoms with Crippen molar-refractivity contribution in [3.8, 4) is 0 Å². The fraction of sp³-hybridized carbons (Fsp3) is 0.545. The molecule has 0 aliphatic rings. The molecule has 0 saturated heterocycles. The summed E-state index contributed by atoms with van der Waals surface area (Å²) in [7, 11) is 0. The van der Waals surface area contributed by atoms with E-state index in [4.69, 9.17) is 5.73 Å². The Kier molecular flexibility index (Phi) is 4.36. The van der Waals surface area contributed by atoms with Gasteiger partial charge in [0.15, 0.2) is 5.16 Å². The van der Waals surface area contributed by atoms with E-state index in [0.717, 1.165) is 27.4 Å². The molecule has 2 heterocycles. The molecule has 0 aromatic carbocycles. The van der Waals surface area contributed by atoms with Gasteiger partial charge in [-0.2, -0.15) is 0 Å². The maximum absolute atomic E-state index is 5.67. The van der Waals surface area contributed by atoms with Gasteiger partial charge in [0.1, 0.15) is 5.82 Å². The minimum Gasteiger partial charge on any atom is -0.324 e. The molecule has 0 bridgehead atoms. The van der Waals surface area contributed by atoms with Crippen LogP contribution in [0.2, 0.25) is 0 Å². The van der Waals surface area contributed by atoms with Crippen LogP contribution >= 0.6 is 23.1 Å². The van der Waals surface area contributed by atoms with Crippen molar-refractivity contribution in [2.45, 2.75) is 44.3 Å². The highest BCUT2D eigenvalue weighted by Gasteiger charge is 2.14. The van der Waals surface area contributed by atoms with Gasteiger partial charge in [-0.05, 0) is 20.8 Å². The third-order valence-electron chi connectivity index (χ3n) is 2.45. The molecule has 0 radical (unpaired) electrons. The largest absolute Gasteiger partial charge is 0.324 e. The lowest BCUT2D eigenvalue weighted by atomic mass is 10.4. The summed E-state index contributed by atoms with van der Waals surface area (Å²) in [6.45, 7) is 6.66. The maximum atomic E-state index is 5.67. The Morgan fingerprint density at radius 3 is 2.78 bits per heavy atom. The van der Waals surface area contributed by atoms with Gasteiger partial charge in [-0.25, -0.2) is 4.98 Å². The smallest absolute Gasteiger partial charge is 0.191 e. The molecule has 2 N–H and O–H groups in total. The highest BCUT2D eigenvalue weighted by Crippen LogP contribution is 2.25. The van der Waals surface area contributed by atoms with E-state index < -0.39 is 0 Å². The molecule has 0 fully saturated rings. The van der Waals surface area contributed by atoms with Gasteiger partial charge in [0.2, 0.25) is 0 Å². The molecule has 18 heavy (non-hydrogen) atoms. The number of nitrogens with two attached hydrogens (primary N) is 1. The molecule has 0 aliphatic heterocycles. The molecule has 7 heteroatoms. The molecule has 2 rings (SSSR count). The predicted molar refractivity (Wildman–Crippen MR) is 74.7 cm³/mol. The Morgan fingerprint density at radius 2 is 2.22 bits per heavy atom. The van der Waals surface area contributed by atoms with E-state index in [9.17, 15) is 0 Å². The summed E-state index contributed by atoms with van der Waals surface area (Å²) >= 11 is 3.33. The third-order valence-corrected chi connectivity index (χ3v) is 4.25. The second-order valence-corrected chi connectivity index (χ2v) is 6.22. The van der Waals surface area contributed by atoms with Crippen LogP contribution in [0.25, 0.3) is 0 Å². The summed E-state index contributed by atoms with van der Waals surface area (Å²) in [6, 6.07) is 0.318. The minimum atomic E-state index is 0.318. The first-order chi connectivity index (χ1) is 8.61. The Bertz CT molecular complexity index is 517. The maximum Gasteiger partial charge on any atom is 0.191 e. The molecule has 0 amide bonds. The predicted octanol–water partition coefficient (Wildman–Crippen LogP) is 2.37. The van der Waals surface area contributed by atoms with Gasteiger partial charge in [0, 0.05) is 17.2 Å². The number of aromatic nitrogens is 4. The summed E-state index contributed by atoms with van der Waals surface area (Å²) in [5, 5.41) is 12.4. The standard InChI is InChI=1S/C11H17N5S2/c1-7(2)16-10(4-12)14-15-11(16)18-6-9-5-17-8(3)13-9/h5,7H,4,6,12H2,1-3H3. The zero-order valence-corrected chi connectivity index (χ0v) is 12.4. The molecule has 5 nitrogen and oxygen atoms in total. The Morgan fingerprint density at radius 1 is 1.44 bits per heavy atom. The highest BCUT2D eigenvalue weighted by molar-refractivity contribution is 7.98. The van der Waals surface area contributed by atoms with E-state index in [-0.39, 0.29) is 0 Å². The van der Waals surface area contributed by atoms with Gasteiger partial charge in [-0.15, -0.1) is 21.5 Å². The van der Waals surface area contributed by atoms with Gasteiger partial charge in [-0.3, -0.25) is 0 Å². The van der Waals surface area contributed by atoms with Crippen LogP contribution in [0, 0.1) is 6.92 Å². The van der Waals surface area contributed by atoms with E-state index in [0.29, 0.717) is 12.6 Å². The van der Waals surface area contributed by atoms with Crippen molar-refractivity contribution >= 4 is 23.1 Å². The number of aryl methyl sites for hydroxylation is 1. The topological polar surface area (TPSA) is 69.6 Å². The van der Waals surface area contributed by atoms with E-state index in [1.165, 1.54) is 0 Å². The minimum absolute atomic E-state index is 0.318. The number of rotatable bonds is 5. The molecule has 2 aromatic rings. The summed E-state index contributed by atoms with van der Waals surface area (Å²) < 4.78 is 2.09. The molecule has 0 saturated carbocycles. The number of hydrogen-bond donors (Lipinski definition) is 1. The average molecular weight is 283 g/mol. The van der Waals surface area contributed by atoms with Crippen molar-refractivity contribution in [2.24, 2.45) is 5.73 Å². The van der Waals surface area contributed by atoms with Crippen LogP contribution in [-0.4, -0.2) is 19.7 Å². The van der Waals surface area contributed by atoms with E-state index in [2.05, 4.69) is 39.0 Å². The van der Waals surface area contributed by atoms with Gasteiger partial charge in [0.05, 0.1) is 17.2 Å². The van der Waals surface area contributed by atoms with Crippen LogP contribution < -0.4 is 5.73 Å². The van der Waals surface area contributed by atoms with Crippen LogP contribution in [0.3, 0.4) is 0 Å². The van der Waals surface area contributed by atoms with Crippen LogP contribution in [0.5, 0.6) is 0 Å². The quantitative estimate of drug-likeness (QED) is 0.853. The average Bonchev–Trinajstić information content (AvgIpc) is 2.92. The normalized spacial score (nSPS) is 11.4. The van der Waals surface area contributed by atoms with E-state index in [1.54, 1.807) is 23.1 Å². The third kappa shape index (κ3) is 2.90. The zero-order chi connectivity index (χ0) is 13.1. The first kappa shape index (κ1) is 13.5. The van der Waals surface area contributed by atoms with Crippen molar-refractivity contribution in [1.29, 1.82) is 0 Å². The van der Waals surface area contributed by atoms with Gasteiger partial charge < -0.3 is 10.3 Å². The molecule has 2 aromatic heterocycles. The molecule has 0 spiro atoms. The van der Waals surface area contributed by atoms with Crippen molar-refractivity contribution in [3.63, 3.8) is 0 Å². The molecular formula is C11H17N5S2. The summed E-state index contributed by atoms with van der Waals surface area (Å²) in [5.41, 5.74) is 6.76. The number of thiazole rings is 1. The van der Waals surface area contributed by atoms with Crippen LogP contribution in [0.15, 0.2) is 10.5 Å². The molecular weight excluding hydrogens is 266 g/mol. The number of thioether (sulfide) groups is 1. The first-order valence-electron chi connectivity index (χ1n) is 5.79. The second-order valence-electron chi connectivity index (χ2n) is 4.21. The van der Waals surface area contributed by atoms with Gasteiger partial charge in [-0.1, -0.05) is 11.8 Å². The van der Waals surface area contributed by atoms with Crippen LogP contribution in [0.1, 0.15) is 36.4 Å². The van der Waals surface area contributed by atoms with Gasteiger partial charge >= 0.3 is 0 Å². The Labute approximate surface area is 115 Å². The number of nitrogens with zero attached hydrogens (tertiary/aromatic N) is 4. The first-order valence-corrected chi connectivity index (χ1v) is 7.66. The van der Waals surface area contributed by atoms with Crippen LogP contribution in [0.4, 0.5) is 0 Å². The highest BCUT2D eigenvalue weighted by atomic mass is 32.2. The van der Waals surface area contributed by atoms with E-state index >= 15 is 0 Å². The van der Waals surface area contributed by atoms with Crippen molar-refractivity contribution in [2.75, 3.05) is 0 Å². The SMILES string of the molecule is Cc1nc(CSc2nnc(CN)n2C(C)C)cs1. The summed E-state index contributed by atoms with van der Waals surface area (Å²) in [5.74, 6) is 1.65. The fourth-order valence-corrected chi connectivity index (χ4v) is 3.37. The van der Waals surface area contributed by atoms with Crippen molar-refractivity contribution < 1.29 is 0 Å². The lowest BCUT2D eigenvalue weighted by Gasteiger charge is -2.12. The molecule has 0 aliphatic carbocycles. The fourth-order valence-electron chi connectivity index (χ4n) is 1.68. The molecule has 98 valence electrons. The molecule has 0 atom stereocenters. The Hall–Kier alpha value is -0.920. The lowest BCUT2D eigenvalue weighted by molar-refractivity contribution is 0.526. The number of hydrogen-bond acceptors (Lipinski definition) is 6. The molecule has 0 unspecified atom stereocenters. The van der Waals surface area contributed by atoms with Crippen LogP contribution in [-0.2, 0) is 12.3 Å². The van der Waals surface area contributed by atoms with Crippen molar-refractivity contribution in [1.82, 2.24) is 19.7 Å². The zero-order valence-electron chi connectivity index (χ0n) is 10.8. The Balaban J connectivity index is 2.11. The van der Waals surface area contributed by atoms with Crippen molar-refractivity contribution in [3.05, 3.63) is 21.9 Å².